The van der Waals surface area contributed by atoms with Crippen LogP contribution in [0.3, 0.4) is 0 Å². The largest absolute Gasteiger partial charge is 0.323 e. The fourth-order valence-corrected chi connectivity index (χ4v) is 4.07. The Bertz CT molecular complexity index is 892. The van der Waals surface area contributed by atoms with Gasteiger partial charge in [-0.3, -0.25) is 4.98 Å². The normalized spacial score (nSPS) is 16.4. The molecule has 0 N–H and O–H groups in total. The van der Waals surface area contributed by atoms with Crippen molar-refractivity contribution in [1.82, 2.24) is 19.4 Å². The minimum Gasteiger partial charge on any atom is -0.323 e. The van der Waals surface area contributed by atoms with Gasteiger partial charge in [-0.05, 0) is 69.5 Å². The standard InChI is InChI=1S/C22H27FN4/c1-16(2)26-11-8-17(9-12-26)13-22-25-20-14-24-10-7-21(20)27(22)15-18-3-5-19(23)6-4-18/h3-7,10,14,16-17H,8-9,11-13,15H2,1-2H3. The van der Waals surface area contributed by atoms with Crippen LogP contribution in [0.1, 0.15) is 38.1 Å². The third kappa shape index (κ3) is 4.03. The number of imidazole rings is 1. The lowest BCUT2D eigenvalue weighted by Gasteiger charge is -2.34. The molecule has 0 aliphatic carbocycles. The van der Waals surface area contributed by atoms with Crippen molar-refractivity contribution in [3.8, 4) is 0 Å². The van der Waals surface area contributed by atoms with Crippen LogP contribution in [0.2, 0.25) is 0 Å². The highest BCUT2D eigenvalue weighted by molar-refractivity contribution is 5.74. The Hall–Kier alpha value is -2.27. The van der Waals surface area contributed by atoms with Crippen molar-refractivity contribution in [1.29, 1.82) is 0 Å². The van der Waals surface area contributed by atoms with E-state index < -0.39 is 0 Å². The fourth-order valence-electron chi connectivity index (χ4n) is 4.07. The summed E-state index contributed by atoms with van der Waals surface area (Å²) in [5, 5.41) is 0. The summed E-state index contributed by atoms with van der Waals surface area (Å²) in [5.41, 5.74) is 3.13. The van der Waals surface area contributed by atoms with Gasteiger partial charge in [0.15, 0.2) is 0 Å². The first kappa shape index (κ1) is 18.1. The molecule has 2 aromatic heterocycles. The zero-order chi connectivity index (χ0) is 18.8. The van der Waals surface area contributed by atoms with E-state index in [1.54, 1.807) is 0 Å². The molecule has 4 nitrogen and oxygen atoms in total. The molecular formula is C22H27FN4. The smallest absolute Gasteiger partial charge is 0.123 e. The number of halogens is 1. The summed E-state index contributed by atoms with van der Waals surface area (Å²) < 4.78 is 15.5. The Labute approximate surface area is 160 Å². The van der Waals surface area contributed by atoms with Gasteiger partial charge in [0.1, 0.15) is 17.2 Å². The summed E-state index contributed by atoms with van der Waals surface area (Å²) in [6, 6.07) is 9.41. The average Bonchev–Trinajstić information content (AvgIpc) is 3.01. The Morgan fingerprint density at radius 1 is 1.11 bits per heavy atom. The van der Waals surface area contributed by atoms with Gasteiger partial charge in [0.25, 0.3) is 0 Å². The van der Waals surface area contributed by atoms with Gasteiger partial charge >= 0.3 is 0 Å². The molecule has 0 saturated carbocycles. The summed E-state index contributed by atoms with van der Waals surface area (Å²) >= 11 is 0. The predicted octanol–water partition coefficient (Wildman–Crippen LogP) is 4.28. The minimum atomic E-state index is -0.199. The van der Waals surface area contributed by atoms with Crippen molar-refractivity contribution in [3.63, 3.8) is 0 Å². The number of piperidine rings is 1. The van der Waals surface area contributed by atoms with Gasteiger partial charge in [-0.15, -0.1) is 0 Å². The van der Waals surface area contributed by atoms with Crippen molar-refractivity contribution in [2.75, 3.05) is 13.1 Å². The lowest BCUT2D eigenvalue weighted by molar-refractivity contribution is 0.148. The zero-order valence-corrected chi connectivity index (χ0v) is 16.1. The van der Waals surface area contributed by atoms with E-state index in [9.17, 15) is 4.39 Å². The first-order valence-electron chi connectivity index (χ1n) is 9.88. The summed E-state index contributed by atoms with van der Waals surface area (Å²) in [7, 11) is 0. The number of fused-ring (bicyclic) bond motifs is 1. The van der Waals surface area contributed by atoms with Crippen molar-refractivity contribution in [2.24, 2.45) is 5.92 Å². The first-order chi connectivity index (χ1) is 13.1. The summed E-state index contributed by atoms with van der Waals surface area (Å²) in [6.07, 6.45) is 7.08. The van der Waals surface area contributed by atoms with Crippen molar-refractivity contribution in [2.45, 2.75) is 45.7 Å². The van der Waals surface area contributed by atoms with Crippen LogP contribution in [-0.2, 0) is 13.0 Å². The third-order valence-electron chi connectivity index (χ3n) is 5.73. The Balaban J connectivity index is 1.57. The molecule has 0 atom stereocenters. The maximum atomic E-state index is 13.3. The molecule has 5 heteroatoms. The van der Waals surface area contributed by atoms with E-state index >= 15 is 0 Å². The van der Waals surface area contributed by atoms with E-state index in [2.05, 4.69) is 28.3 Å². The van der Waals surface area contributed by atoms with Gasteiger partial charge in [0.2, 0.25) is 0 Å². The number of rotatable bonds is 5. The fraction of sp³-hybridized carbons (Fsp3) is 0.455. The zero-order valence-electron chi connectivity index (χ0n) is 16.1. The molecule has 1 fully saturated rings. The molecule has 3 aromatic rings. The van der Waals surface area contributed by atoms with Crippen LogP contribution >= 0.6 is 0 Å². The van der Waals surface area contributed by atoms with E-state index in [0.717, 1.165) is 28.8 Å². The number of hydrogen-bond donors (Lipinski definition) is 0. The van der Waals surface area contributed by atoms with Crippen molar-refractivity contribution >= 4 is 11.0 Å². The molecule has 0 radical (unpaired) electrons. The molecule has 1 aromatic carbocycles. The molecular weight excluding hydrogens is 339 g/mol. The molecule has 142 valence electrons. The highest BCUT2D eigenvalue weighted by atomic mass is 19.1. The lowest BCUT2D eigenvalue weighted by atomic mass is 9.92. The molecule has 4 rings (SSSR count). The van der Waals surface area contributed by atoms with Crippen LogP contribution in [0.4, 0.5) is 4.39 Å². The van der Waals surface area contributed by atoms with E-state index in [4.69, 9.17) is 4.98 Å². The van der Waals surface area contributed by atoms with Crippen molar-refractivity contribution < 1.29 is 4.39 Å². The molecule has 0 bridgehead atoms. The maximum absolute atomic E-state index is 13.3. The quantitative estimate of drug-likeness (QED) is 0.676. The molecule has 1 saturated heterocycles. The molecule has 1 aliphatic heterocycles. The minimum absolute atomic E-state index is 0.199. The number of likely N-dealkylation sites (tertiary alicyclic amines) is 1. The van der Waals surface area contributed by atoms with E-state index in [0.29, 0.717) is 18.5 Å². The molecule has 0 amide bonds. The number of nitrogens with zero attached hydrogens (tertiary/aromatic N) is 4. The van der Waals surface area contributed by atoms with Crippen molar-refractivity contribution in [3.05, 3.63) is 59.9 Å². The van der Waals surface area contributed by atoms with Gasteiger partial charge in [-0.25, -0.2) is 9.37 Å². The number of aromatic nitrogens is 3. The SMILES string of the molecule is CC(C)N1CCC(Cc2nc3cnccc3n2Cc2ccc(F)cc2)CC1. The highest BCUT2D eigenvalue weighted by Crippen LogP contribution is 2.25. The van der Waals surface area contributed by atoms with Crippen LogP contribution in [0, 0.1) is 11.7 Å². The van der Waals surface area contributed by atoms with E-state index in [1.807, 2.05) is 30.6 Å². The lowest BCUT2D eigenvalue weighted by Crippen LogP contribution is -2.39. The number of pyridine rings is 1. The monoisotopic (exact) mass is 366 g/mol. The van der Waals surface area contributed by atoms with Gasteiger partial charge in [-0.1, -0.05) is 12.1 Å². The van der Waals surface area contributed by atoms with Crippen LogP contribution in [0.15, 0.2) is 42.7 Å². The number of benzene rings is 1. The van der Waals surface area contributed by atoms with Crippen LogP contribution in [0.25, 0.3) is 11.0 Å². The molecule has 1 aliphatic rings. The Morgan fingerprint density at radius 2 is 1.85 bits per heavy atom. The topological polar surface area (TPSA) is 34.0 Å². The van der Waals surface area contributed by atoms with Crippen LogP contribution in [-0.4, -0.2) is 38.6 Å². The molecule has 3 heterocycles. The van der Waals surface area contributed by atoms with Gasteiger partial charge < -0.3 is 9.47 Å². The van der Waals surface area contributed by atoms with Gasteiger partial charge in [0.05, 0.1) is 11.7 Å². The number of hydrogen-bond acceptors (Lipinski definition) is 3. The second-order valence-corrected chi connectivity index (χ2v) is 7.88. The predicted molar refractivity (Wildman–Crippen MR) is 106 cm³/mol. The van der Waals surface area contributed by atoms with Gasteiger partial charge in [0, 0.05) is 25.2 Å². The summed E-state index contributed by atoms with van der Waals surface area (Å²) in [6.45, 7) is 7.59. The second-order valence-electron chi connectivity index (χ2n) is 7.88. The third-order valence-corrected chi connectivity index (χ3v) is 5.73. The summed E-state index contributed by atoms with van der Waals surface area (Å²) in [4.78, 5) is 11.7. The maximum Gasteiger partial charge on any atom is 0.123 e. The average molecular weight is 366 g/mol. The van der Waals surface area contributed by atoms with E-state index in [1.165, 1.54) is 38.1 Å². The van der Waals surface area contributed by atoms with Crippen LogP contribution < -0.4 is 0 Å². The first-order valence-corrected chi connectivity index (χ1v) is 9.88. The highest BCUT2D eigenvalue weighted by Gasteiger charge is 2.23. The Morgan fingerprint density at radius 3 is 2.56 bits per heavy atom. The second kappa shape index (κ2) is 7.77. The molecule has 27 heavy (non-hydrogen) atoms. The summed E-state index contributed by atoms with van der Waals surface area (Å²) in [5.74, 6) is 1.58. The molecule has 0 spiro atoms. The van der Waals surface area contributed by atoms with E-state index in [-0.39, 0.29) is 5.82 Å². The Kier molecular flexibility index (Phi) is 5.21. The van der Waals surface area contributed by atoms with Crippen LogP contribution in [0.5, 0.6) is 0 Å². The van der Waals surface area contributed by atoms with Gasteiger partial charge in [-0.2, -0.15) is 0 Å². The molecule has 0 unspecified atom stereocenters.